The molecule has 0 spiro atoms. The van der Waals surface area contributed by atoms with Crippen molar-refractivity contribution in [2.24, 2.45) is 29.0 Å². The summed E-state index contributed by atoms with van der Waals surface area (Å²) < 4.78 is 0. The molecule has 1 fully saturated rings. The van der Waals surface area contributed by atoms with Crippen molar-refractivity contribution in [3.63, 3.8) is 0 Å². The van der Waals surface area contributed by atoms with Crippen LogP contribution in [0.4, 0.5) is 0 Å². The molecule has 4 nitrogen and oxygen atoms in total. The van der Waals surface area contributed by atoms with Gasteiger partial charge in [-0.3, -0.25) is 0 Å². The second-order valence-electron chi connectivity index (χ2n) is 4.24. The van der Waals surface area contributed by atoms with Crippen molar-refractivity contribution in [3.8, 4) is 0 Å². The zero-order valence-electron chi connectivity index (χ0n) is 8.19. The average molecular weight is 187 g/mol. The SMILES string of the molecule is CC1CC(N)C(CC(O)CN)C1N. The lowest BCUT2D eigenvalue weighted by molar-refractivity contribution is 0.141. The van der Waals surface area contributed by atoms with Gasteiger partial charge >= 0.3 is 0 Å². The molecule has 7 N–H and O–H groups in total. The molecule has 1 aliphatic carbocycles. The Hall–Kier alpha value is -0.160. The van der Waals surface area contributed by atoms with Gasteiger partial charge in [0.15, 0.2) is 0 Å². The van der Waals surface area contributed by atoms with Gasteiger partial charge < -0.3 is 22.3 Å². The predicted molar refractivity (Wildman–Crippen MR) is 52.9 cm³/mol. The van der Waals surface area contributed by atoms with E-state index in [-0.39, 0.29) is 18.0 Å². The fraction of sp³-hybridized carbons (Fsp3) is 1.00. The molecule has 0 saturated heterocycles. The second-order valence-corrected chi connectivity index (χ2v) is 4.24. The van der Waals surface area contributed by atoms with Crippen LogP contribution in [0.25, 0.3) is 0 Å². The molecule has 0 aliphatic heterocycles. The summed E-state index contributed by atoms with van der Waals surface area (Å²) in [5.41, 5.74) is 17.3. The Balaban J connectivity index is 2.48. The molecule has 5 atom stereocenters. The highest BCUT2D eigenvalue weighted by Gasteiger charge is 2.37. The van der Waals surface area contributed by atoms with E-state index in [1.165, 1.54) is 0 Å². The minimum absolute atomic E-state index is 0.121. The number of aliphatic hydroxyl groups is 1. The lowest BCUT2D eigenvalue weighted by Crippen LogP contribution is -2.39. The van der Waals surface area contributed by atoms with Crippen molar-refractivity contribution in [1.82, 2.24) is 0 Å². The summed E-state index contributed by atoms with van der Waals surface area (Å²) in [7, 11) is 0. The van der Waals surface area contributed by atoms with Gasteiger partial charge in [-0.2, -0.15) is 0 Å². The van der Waals surface area contributed by atoms with E-state index in [0.717, 1.165) is 6.42 Å². The summed E-state index contributed by atoms with van der Waals surface area (Å²) in [6, 6.07) is 0.252. The van der Waals surface area contributed by atoms with Gasteiger partial charge in [0, 0.05) is 18.6 Å². The van der Waals surface area contributed by atoms with Crippen molar-refractivity contribution >= 4 is 0 Å². The first-order chi connectivity index (χ1) is 6.06. The maximum Gasteiger partial charge on any atom is 0.0666 e. The summed E-state index contributed by atoms with van der Waals surface area (Å²) in [6.07, 6.45) is 1.15. The van der Waals surface area contributed by atoms with Crippen LogP contribution in [0, 0.1) is 11.8 Å². The Bertz CT molecular complexity index is 165. The van der Waals surface area contributed by atoms with E-state index in [0.29, 0.717) is 18.9 Å². The molecule has 78 valence electrons. The topological polar surface area (TPSA) is 98.3 Å². The van der Waals surface area contributed by atoms with Gasteiger partial charge in [-0.25, -0.2) is 0 Å². The van der Waals surface area contributed by atoms with E-state index in [1.807, 2.05) is 0 Å². The van der Waals surface area contributed by atoms with E-state index in [4.69, 9.17) is 17.2 Å². The Morgan fingerprint density at radius 3 is 2.46 bits per heavy atom. The minimum atomic E-state index is -0.451. The van der Waals surface area contributed by atoms with Crippen LogP contribution in [0.2, 0.25) is 0 Å². The molecule has 0 aromatic rings. The highest BCUT2D eigenvalue weighted by Crippen LogP contribution is 2.31. The summed E-state index contributed by atoms with van der Waals surface area (Å²) in [5, 5.41) is 9.40. The molecule has 1 aliphatic rings. The van der Waals surface area contributed by atoms with Crippen LogP contribution in [-0.4, -0.2) is 29.8 Å². The van der Waals surface area contributed by atoms with Crippen LogP contribution in [-0.2, 0) is 0 Å². The van der Waals surface area contributed by atoms with Crippen LogP contribution in [0.15, 0.2) is 0 Å². The molecular formula is C9H21N3O. The molecule has 0 amide bonds. The number of rotatable bonds is 3. The Kier molecular flexibility index (Phi) is 3.67. The normalized spacial score (nSPS) is 42.2. The van der Waals surface area contributed by atoms with Crippen LogP contribution in [0.1, 0.15) is 19.8 Å². The summed E-state index contributed by atoms with van der Waals surface area (Å²) in [5.74, 6) is 0.693. The highest BCUT2D eigenvalue weighted by atomic mass is 16.3. The molecular weight excluding hydrogens is 166 g/mol. The third kappa shape index (κ3) is 2.40. The average Bonchev–Trinajstić information content (AvgIpc) is 2.32. The van der Waals surface area contributed by atoms with Gasteiger partial charge in [0.05, 0.1) is 6.10 Å². The molecule has 0 heterocycles. The van der Waals surface area contributed by atoms with Crippen LogP contribution in [0.5, 0.6) is 0 Å². The maximum atomic E-state index is 9.40. The third-order valence-electron chi connectivity index (χ3n) is 3.16. The zero-order chi connectivity index (χ0) is 10.0. The first-order valence-electron chi connectivity index (χ1n) is 4.95. The smallest absolute Gasteiger partial charge is 0.0666 e. The van der Waals surface area contributed by atoms with Crippen LogP contribution >= 0.6 is 0 Å². The first kappa shape index (κ1) is 10.9. The second kappa shape index (κ2) is 4.37. The van der Waals surface area contributed by atoms with E-state index in [9.17, 15) is 5.11 Å². The van der Waals surface area contributed by atoms with Crippen molar-refractivity contribution in [2.75, 3.05) is 6.54 Å². The fourth-order valence-electron chi connectivity index (χ4n) is 2.21. The van der Waals surface area contributed by atoms with E-state index >= 15 is 0 Å². The third-order valence-corrected chi connectivity index (χ3v) is 3.16. The molecule has 13 heavy (non-hydrogen) atoms. The van der Waals surface area contributed by atoms with Gasteiger partial charge in [-0.15, -0.1) is 0 Å². The quantitative estimate of drug-likeness (QED) is 0.456. The first-order valence-corrected chi connectivity index (χ1v) is 4.95. The largest absolute Gasteiger partial charge is 0.392 e. The Labute approximate surface area is 79.5 Å². The molecule has 0 bridgehead atoms. The molecule has 1 saturated carbocycles. The van der Waals surface area contributed by atoms with Crippen LogP contribution in [0.3, 0.4) is 0 Å². The lowest BCUT2D eigenvalue weighted by Gasteiger charge is -2.22. The molecule has 5 unspecified atom stereocenters. The van der Waals surface area contributed by atoms with E-state index in [2.05, 4.69) is 6.92 Å². The van der Waals surface area contributed by atoms with E-state index < -0.39 is 6.10 Å². The molecule has 4 heteroatoms. The Morgan fingerprint density at radius 2 is 2.08 bits per heavy atom. The summed E-state index contributed by atoms with van der Waals surface area (Å²) >= 11 is 0. The highest BCUT2D eigenvalue weighted by molar-refractivity contribution is 4.95. The Morgan fingerprint density at radius 1 is 1.46 bits per heavy atom. The van der Waals surface area contributed by atoms with Crippen molar-refractivity contribution in [3.05, 3.63) is 0 Å². The maximum absolute atomic E-state index is 9.40. The monoisotopic (exact) mass is 187 g/mol. The number of hydrogen-bond donors (Lipinski definition) is 4. The van der Waals surface area contributed by atoms with Crippen molar-refractivity contribution < 1.29 is 5.11 Å². The van der Waals surface area contributed by atoms with Gasteiger partial charge in [-0.05, 0) is 24.7 Å². The van der Waals surface area contributed by atoms with Gasteiger partial charge in [0.25, 0.3) is 0 Å². The number of aliphatic hydroxyl groups excluding tert-OH is 1. The lowest BCUT2D eigenvalue weighted by atomic mass is 9.92. The van der Waals surface area contributed by atoms with Gasteiger partial charge in [0.1, 0.15) is 0 Å². The van der Waals surface area contributed by atoms with Gasteiger partial charge in [-0.1, -0.05) is 6.92 Å². The molecule has 0 aromatic heterocycles. The van der Waals surface area contributed by atoms with Crippen LogP contribution < -0.4 is 17.2 Å². The molecule has 0 radical (unpaired) electrons. The van der Waals surface area contributed by atoms with Crippen molar-refractivity contribution in [2.45, 2.75) is 38.0 Å². The number of hydrogen-bond acceptors (Lipinski definition) is 4. The summed E-state index contributed by atoms with van der Waals surface area (Å²) in [6.45, 7) is 2.41. The summed E-state index contributed by atoms with van der Waals surface area (Å²) in [4.78, 5) is 0. The molecule has 1 rings (SSSR count). The zero-order valence-corrected chi connectivity index (χ0v) is 8.19. The number of nitrogens with two attached hydrogens (primary N) is 3. The van der Waals surface area contributed by atoms with Gasteiger partial charge in [0.2, 0.25) is 0 Å². The minimum Gasteiger partial charge on any atom is -0.392 e. The van der Waals surface area contributed by atoms with Crippen molar-refractivity contribution in [1.29, 1.82) is 0 Å². The molecule has 0 aromatic carbocycles. The predicted octanol–water partition coefficient (Wildman–Crippen LogP) is -0.993. The van der Waals surface area contributed by atoms with E-state index in [1.54, 1.807) is 0 Å². The standard InChI is InChI=1S/C9H21N3O/c1-5-2-8(11)7(9(5)12)3-6(13)4-10/h5-9,13H,2-4,10-12H2,1H3. The fourth-order valence-corrected chi connectivity index (χ4v) is 2.21.